The van der Waals surface area contributed by atoms with Crippen molar-refractivity contribution < 1.29 is 125 Å². The van der Waals surface area contributed by atoms with Crippen molar-refractivity contribution in [2.24, 2.45) is 38.6 Å². The highest BCUT2D eigenvalue weighted by Crippen LogP contribution is 2.62. The predicted octanol–water partition coefficient (Wildman–Crippen LogP) is 16.7. The second-order valence-corrected chi connectivity index (χ2v) is 43.6. The highest BCUT2D eigenvalue weighted by atomic mass is 35.5. The highest BCUT2D eigenvalue weighted by Gasteiger charge is 2.61. The van der Waals surface area contributed by atoms with E-state index < -0.39 is 175 Å². The lowest BCUT2D eigenvalue weighted by Crippen LogP contribution is -2.45. The van der Waals surface area contributed by atoms with Crippen LogP contribution in [0.4, 0.5) is 8.78 Å². The minimum atomic E-state index is -4.29. The summed E-state index contributed by atoms with van der Waals surface area (Å²) in [5.41, 5.74) is -3.77. The van der Waals surface area contributed by atoms with Gasteiger partial charge in [0.2, 0.25) is 24.4 Å². The first kappa shape index (κ1) is 109. The quantitative estimate of drug-likeness (QED) is 0.0257. The monoisotopic (exact) mass is 2120 g/mol. The number of pyridine rings is 4. The molecule has 0 amide bonds. The number of aromatic nitrogens is 8. The Morgan fingerprint density at radius 2 is 1.13 bits per heavy atom. The van der Waals surface area contributed by atoms with Gasteiger partial charge in [-0.3, -0.25) is 94.9 Å². The Hall–Kier alpha value is -10.5. The van der Waals surface area contributed by atoms with Crippen molar-refractivity contribution in [3.63, 3.8) is 0 Å². The first-order valence-corrected chi connectivity index (χ1v) is 53.3. The van der Waals surface area contributed by atoms with Crippen molar-refractivity contribution in [1.82, 2.24) is 49.2 Å². The topological polar surface area (TPSA) is 495 Å². The number of H-pyrrole nitrogens is 2. The molecule has 2 aromatic carbocycles. The second-order valence-electron chi connectivity index (χ2n) is 36.2. The number of benzene rings is 2. The number of ether oxygens (including phenoxy) is 8. The molecule has 17 rings (SSSR count). The number of phosphoric ester groups is 1. The number of esters is 4. The molecule has 0 radical (unpaired) electrons. The lowest BCUT2D eigenvalue weighted by molar-refractivity contribution is -0.166. The van der Waals surface area contributed by atoms with Crippen molar-refractivity contribution >= 4 is 89.9 Å². The molecule has 5 saturated heterocycles. The average molecular weight is 2120 g/mol. The van der Waals surface area contributed by atoms with Gasteiger partial charge in [0.25, 0.3) is 11.1 Å². The molecule has 6 aromatic heterocycles. The first-order chi connectivity index (χ1) is 68.5. The van der Waals surface area contributed by atoms with E-state index in [4.69, 9.17) is 102 Å². The normalized spacial score (nSPS) is 31.5. The fraction of sp³-hybridized carbons (Fsp3) is 0.474. The molecule has 0 spiro atoms. The van der Waals surface area contributed by atoms with Gasteiger partial charge in [-0.2, -0.15) is 9.69 Å². The van der Waals surface area contributed by atoms with Crippen LogP contribution >= 0.6 is 54.3 Å². The fourth-order valence-corrected chi connectivity index (χ4v) is 23.6. The average Bonchev–Trinajstić information content (AvgIpc) is 1.59. The third-order valence-corrected chi connectivity index (χ3v) is 31.3. The maximum Gasteiger partial charge on any atom is 0.492 e. The maximum atomic E-state index is 16.0. The number of nitrogens with zero attached hydrogens (tertiary/aromatic N) is 9. The van der Waals surface area contributed by atoms with Crippen LogP contribution in [0, 0.1) is 29.1 Å². The van der Waals surface area contributed by atoms with Crippen LogP contribution in [0.3, 0.4) is 0 Å². The van der Waals surface area contributed by atoms with Crippen LogP contribution in [0.25, 0.3) is 0 Å². The Balaban J connectivity index is 0.000000157. The molecule has 2 aliphatic carbocycles. The number of phosphoric acid groups is 1. The number of cyclic esters (lactones) is 1. The third kappa shape index (κ3) is 27.9. The van der Waals surface area contributed by atoms with Crippen LogP contribution in [-0.4, -0.2) is 174 Å². The number of hydroxylamine groups is 2. The number of nitrogens with one attached hydrogen (secondary N) is 3. The maximum absolute atomic E-state index is 16.0. The van der Waals surface area contributed by atoms with E-state index in [1.807, 2.05) is 30.7 Å². The van der Waals surface area contributed by atoms with Crippen molar-refractivity contribution in [2.75, 3.05) is 40.0 Å². The zero-order chi connectivity index (χ0) is 103. The largest absolute Gasteiger partial charge is 0.492 e. The number of alkyl halides is 2. The summed E-state index contributed by atoms with van der Waals surface area (Å²) in [4.78, 5) is 117. The highest BCUT2D eigenvalue weighted by molar-refractivity contribution is 7.53. The molecule has 41 nitrogen and oxygen atoms in total. The summed E-state index contributed by atoms with van der Waals surface area (Å²) in [6.07, 6.45) is 12.7. The van der Waals surface area contributed by atoms with E-state index >= 15 is 8.78 Å². The van der Waals surface area contributed by atoms with Gasteiger partial charge in [0, 0.05) is 142 Å². The second kappa shape index (κ2) is 47.6. The van der Waals surface area contributed by atoms with Crippen LogP contribution in [-0.2, 0) is 116 Å². The molecule has 8 aromatic rings. The zero-order valence-electron chi connectivity index (χ0n) is 80.3. The van der Waals surface area contributed by atoms with Gasteiger partial charge in [-0.05, 0) is 187 Å². The molecule has 5 fully saturated rings. The Labute approximate surface area is 836 Å². The van der Waals surface area contributed by atoms with Crippen molar-refractivity contribution in [1.29, 1.82) is 0 Å². The Bertz CT molecular complexity index is 6460. The number of carbonyl (C=O) groups excluding carboxylic acids is 4. The lowest BCUT2D eigenvalue weighted by Gasteiger charge is -2.44. The van der Waals surface area contributed by atoms with Gasteiger partial charge in [-0.15, -0.1) is 9.53 Å². The molecule has 774 valence electrons. The van der Waals surface area contributed by atoms with Crippen LogP contribution in [0.2, 0.25) is 10.0 Å². The number of halogens is 4. The van der Waals surface area contributed by atoms with Crippen LogP contribution < -0.4 is 27.6 Å². The van der Waals surface area contributed by atoms with Gasteiger partial charge in [-0.1, -0.05) is 86.5 Å². The smallest absolute Gasteiger partial charge is 0.462 e. The number of carbonyl (C=O) groups is 4. The number of aromatic amines is 2. The number of fused-ring (bicyclic) bond motifs is 1. The summed E-state index contributed by atoms with van der Waals surface area (Å²) < 4.78 is 192. The van der Waals surface area contributed by atoms with Crippen molar-refractivity contribution in [3.05, 3.63) is 280 Å². The first-order valence-electron chi connectivity index (χ1n) is 46.5. The molecule has 3 N–H and O–H groups in total. The summed E-state index contributed by atoms with van der Waals surface area (Å²) in [7, 11) is -14.5. The van der Waals surface area contributed by atoms with E-state index in [1.165, 1.54) is 10.6 Å². The Kier molecular flexibility index (Phi) is 36.1. The standard InChI is InChI=1S/C37H46N3O8P.C22H26ClFN3O9P.C22H26ClFN3O8P.C14H14N3O4P/c1-6-37(4,5)36(42)45-31-18-23(2)17-25-12-11-24(3)30(33(25)31)14-13-28-19-29(20-32(41)44-28)47-49(43)40-34(26-9-7-15-38-21-26)46-35(48-49)27-10-8-16-39-22-27;1-13(28)33-19-17(34-20(22(19,2)24)27-10-8-18(29)25-21(27)30)12-32-37(31)35-16(7-9-26(3)36-37)14-5-4-6-15(23)11-14;1-13(28)33-19-17(34-20(22(19,2)24)27-10-8-18(29)26-21(27)30)12-32-36(31)25-9-4-7-16(35-36)14-5-3-6-15(23)11-14;1-2-19-22(18)17-13(11-5-3-7-15-9-11)20-14(21-22)12-6-4-8-16-10-12/h7-12,15-17,21-24,28-31,33,35H,6,13-14,18-20H2,1-5H3;4-6,8,10-11,16-17,19-20H,7,9,12H2,1-3H3,(H,25,29,30);3,5-6,8,10-11,16-17,19-20H,4,7,9,12H2,1-2H3,(H,25,31)(H,26,29,30);3-10,14H,2H2,1H3/t23-,24-,28-,29+,30-,31-,33?,35?,49?;16?,17-,19-,20-,22-,37?;16?,17-,19-,20-,22-,36?;/m011./s1. The van der Waals surface area contributed by atoms with Gasteiger partial charge < -0.3 is 37.9 Å². The molecule has 23 atom stereocenters. The number of rotatable bonds is 26. The van der Waals surface area contributed by atoms with Crippen molar-refractivity contribution in [2.45, 2.75) is 218 Å². The summed E-state index contributed by atoms with van der Waals surface area (Å²) >= 11 is 12.2. The van der Waals surface area contributed by atoms with Gasteiger partial charge in [-0.25, -0.2) is 50.8 Å². The van der Waals surface area contributed by atoms with E-state index in [2.05, 4.69) is 66.6 Å². The number of hydrogen-bond donors (Lipinski definition) is 3. The molecular weight excluding hydrogens is 2010 g/mol. The molecule has 7 aliphatic heterocycles. The SMILES string of the molecule is CC(=O)O[C@@H]1[C@@H](COP2(=O)NCCCC(c3cccc(Cl)c3)O2)O[C@@H](n2ccc(=O)[nH]c2=O)[C@]1(C)F.CC(=O)O[C@@H]1[C@@H](COP2(=O)OC(c3cccc(Cl)c3)CCN(C)O2)O[C@@H](n2ccc(=O)[nH]c2=O)[C@]1(C)F.CCC(C)(C)C(=O)O[C@H]1C[C@@H](C)C=C2C=C[C@H](C)[C@H](CC[C@H]3C[C@@H](OP4(=O)N=C(c5cccnc5)OC(c5cccnc5)O4)CC(=O)O3)C21.CCOP1(=O)N=C(c2cccnc2)OC(c2cccnc2)O1. The van der Waals surface area contributed by atoms with E-state index in [1.54, 1.807) is 161 Å². The molecule has 144 heavy (non-hydrogen) atoms. The van der Waals surface area contributed by atoms with E-state index in [0.717, 1.165) is 79.8 Å². The van der Waals surface area contributed by atoms with Crippen LogP contribution in [0.1, 0.15) is 198 Å². The Morgan fingerprint density at radius 1 is 0.611 bits per heavy atom. The van der Waals surface area contributed by atoms with Gasteiger partial charge in [0.1, 0.15) is 24.4 Å². The predicted molar refractivity (Wildman–Crippen MR) is 515 cm³/mol. The van der Waals surface area contributed by atoms with Crippen molar-refractivity contribution in [3.8, 4) is 0 Å². The van der Waals surface area contributed by atoms with Crippen LogP contribution in [0.5, 0.6) is 0 Å². The minimum Gasteiger partial charge on any atom is -0.462 e. The van der Waals surface area contributed by atoms with E-state index in [9.17, 15) is 56.6 Å². The number of hydrogen-bond acceptors (Lipinski definition) is 34. The van der Waals surface area contributed by atoms with Gasteiger partial charge in [0.05, 0.1) is 61.1 Å². The molecule has 0 saturated carbocycles. The van der Waals surface area contributed by atoms with Gasteiger partial charge >= 0.3 is 66.3 Å². The van der Waals surface area contributed by atoms with Gasteiger partial charge in [0.15, 0.2) is 36.0 Å². The molecule has 9 aliphatic rings. The molecule has 49 heteroatoms. The number of allylic oxidation sites excluding steroid dienone is 3. The third-order valence-electron chi connectivity index (χ3n) is 24.8. The van der Waals surface area contributed by atoms with E-state index in [0.29, 0.717) is 95.4 Å². The Morgan fingerprint density at radius 3 is 1.64 bits per heavy atom. The molecule has 9 unspecified atom stereocenters. The summed E-state index contributed by atoms with van der Waals surface area (Å²) in [5.74, 6) is -1.21. The minimum absolute atomic E-state index is 0.0512. The summed E-state index contributed by atoms with van der Waals surface area (Å²) in [6.45, 7) is 16.1. The lowest BCUT2D eigenvalue weighted by atomic mass is 9.65. The fourth-order valence-electron chi connectivity index (χ4n) is 17.4. The van der Waals surface area contributed by atoms with Crippen LogP contribution in [0.15, 0.2) is 224 Å². The zero-order valence-corrected chi connectivity index (χ0v) is 85.4. The summed E-state index contributed by atoms with van der Waals surface area (Å²) in [5, 5.41) is 5.02. The molecule has 13 heterocycles. The molecular formula is C95H112Cl2F2N12O29P4. The van der Waals surface area contributed by atoms with E-state index in [-0.39, 0.29) is 54.7 Å². The summed E-state index contributed by atoms with van der Waals surface area (Å²) in [6, 6.07) is 29.8. The molecule has 0 bridgehead atoms.